The third-order valence-electron chi connectivity index (χ3n) is 4.78. The minimum absolute atomic E-state index is 0.0250. The second-order valence-electron chi connectivity index (χ2n) is 6.09. The molecule has 0 radical (unpaired) electrons. The van der Waals surface area contributed by atoms with Gasteiger partial charge in [0, 0.05) is 19.1 Å². The first-order chi connectivity index (χ1) is 9.10. The molecule has 2 aliphatic heterocycles. The van der Waals surface area contributed by atoms with Crippen molar-refractivity contribution in [3.05, 3.63) is 0 Å². The number of amides is 1. The molecule has 0 aromatic heterocycles. The summed E-state index contributed by atoms with van der Waals surface area (Å²) in [5.41, 5.74) is -0.837. The summed E-state index contributed by atoms with van der Waals surface area (Å²) >= 11 is 0. The summed E-state index contributed by atoms with van der Waals surface area (Å²) in [5, 5.41) is 9.22. The Bertz CT molecular complexity index is 370. The highest BCUT2D eigenvalue weighted by Crippen LogP contribution is 2.27. The van der Waals surface area contributed by atoms with Crippen LogP contribution in [0.2, 0.25) is 0 Å². The van der Waals surface area contributed by atoms with E-state index in [-0.39, 0.29) is 5.91 Å². The van der Waals surface area contributed by atoms with Crippen molar-refractivity contribution in [3.8, 4) is 6.07 Å². The predicted molar refractivity (Wildman–Crippen MR) is 74.4 cm³/mol. The minimum atomic E-state index is -0.837. The van der Waals surface area contributed by atoms with Crippen LogP contribution < -0.4 is 0 Å². The Morgan fingerprint density at radius 3 is 2.58 bits per heavy atom. The minimum Gasteiger partial charge on any atom is -0.340 e. The van der Waals surface area contributed by atoms with Crippen LogP contribution in [0, 0.1) is 16.7 Å². The molecule has 0 aromatic carbocycles. The van der Waals surface area contributed by atoms with Crippen LogP contribution in [-0.2, 0) is 4.79 Å². The third kappa shape index (κ3) is 2.92. The van der Waals surface area contributed by atoms with Gasteiger partial charge in [-0.05, 0) is 45.7 Å². The zero-order chi connectivity index (χ0) is 13.9. The summed E-state index contributed by atoms with van der Waals surface area (Å²) in [7, 11) is 0. The van der Waals surface area contributed by atoms with Crippen molar-refractivity contribution >= 4 is 5.91 Å². The quantitative estimate of drug-likeness (QED) is 0.782. The van der Waals surface area contributed by atoms with Crippen LogP contribution >= 0.6 is 0 Å². The van der Waals surface area contributed by atoms with Crippen LogP contribution in [0.3, 0.4) is 0 Å². The van der Waals surface area contributed by atoms with E-state index in [0.717, 1.165) is 19.5 Å². The fourth-order valence-electron chi connectivity index (χ4n) is 3.13. The Kier molecular flexibility index (Phi) is 4.46. The second-order valence-corrected chi connectivity index (χ2v) is 6.09. The molecule has 0 N–H and O–H groups in total. The predicted octanol–water partition coefficient (Wildman–Crippen LogP) is 2.01. The molecule has 2 heterocycles. The molecular weight excluding hydrogens is 238 g/mol. The monoisotopic (exact) mass is 263 g/mol. The van der Waals surface area contributed by atoms with Gasteiger partial charge in [0.15, 0.2) is 0 Å². The first kappa shape index (κ1) is 14.3. The summed E-state index contributed by atoms with van der Waals surface area (Å²) in [6, 6.07) is 2.71. The molecule has 4 nitrogen and oxygen atoms in total. The zero-order valence-corrected chi connectivity index (χ0v) is 12.2. The van der Waals surface area contributed by atoms with E-state index in [9.17, 15) is 10.1 Å². The number of hydrogen-bond donors (Lipinski definition) is 0. The molecule has 0 bridgehead atoms. The summed E-state index contributed by atoms with van der Waals surface area (Å²) in [5.74, 6) is 0.0250. The fraction of sp³-hybridized carbons (Fsp3) is 0.867. The summed E-state index contributed by atoms with van der Waals surface area (Å²) in [6.45, 7) is 7.67. The molecule has 1 amide bonds. The SMILES string of the molecule is CCC(C)(C#N)C(=O)N1CCC(N2CCCCC2)C1. The molecule has 4 heteroatoms. The topological polar surface area (TPSA) is 47.3 Å². The Morgan fingerprint density at radius 1 is 1.32 bits per heavy atom. The van der Waals surface area contributed by atoms with E-state index in [1.54, 1.807) is 6.92 Å². The maximum absolute atomic E-state index is 12.4. The van der Waals surface area contributed by atoms with Gasteiger partial charge in [-0.25, -0.2) is 0 Å². The highest BCUT2D eigenvalue weighted by atomic mass is 16.2. The van der Waals surface area contributed by atoms with Gasteiger partial charge in [-0.2, -0.15) is 5.26 Å². The average molecular weight is 263 g/mol. The largest absolute Gasteiger partial charge is 0.340 e. The number of hydrogen-bond acceptors (Lipinski definition) is 3. The van der Waals surface area contributed by atoms with Crippen molar-refractivity contribution in [1.29, 1.82) is 5.26 Å². The molecule has 2 aliphatic rings. The Morgan fingerprint density at radius 2 is 2.00 bits per heavy atom. The number of rotatable bonds is 3. The maximum atomic E-state index is 12.4. The number of carbonyl (C=O) groups is 1. The van der Waals surface area contributed by atoms with Crippen LogP contribution in [0.5, 0.6) is 0 Å². The van der Waals surface area contributed by atoms with Crippen molar-refractivity contribution in [2.24, 2.45) is 5.41 Å². The van der Waals surface area contributed by atoms with E-state index in [2.05, 4.69) is 11.0 Å². The molecular formula is C15H25N3O. The van der Waals surface area contributed by atoms with Crippen molar-refractivity contribution in [2.75, 3.05) is 26.2 Å². The Hall–Kier alpha value is -1.08. The summed E-state index contributed by atoms with van der Waals surface area (Å²) in [4.78, 5) is 16.9. The second kappa shape index (κ2) is 5.92. The van der Waals surface area contributed by atoms with Crippen molar-refractivity contribution in [2.45, 2.75) is 52.0 Å². The molecule has 2 fully saturated rings. The third-order valence-corrected chi connectivity index (χ3v) is 4.78. The van der Waals surface area contributed by atoms with Gasteiger partial charge >= 0.3 is 0 Å². The molecule has 0 spiro atoms. The molecule has 106 valence electrons. The standard InChI is InChI=1S/C15H25N3O/c1-3-15(2,12-16)14(19)18-10-7-13(11-18)17-8-5-4-6-9-17/h13H,3-11H2,1-2H3. The van der Waals surface area contributed by atoms with E-state index >= 15 is 0 Å². The molecule has 0 aromatic rings. The van der Waals surface area contributed by atoms with Gasteiger partial charge in [0.25, 0.3) is 0 Å². The van der Waals surface area contributed by atoms with E-state index in [1.165, 1.54) is 32.4 Å². The smallest absolute Gasteiger partial charge is 0.242 e. The summed E-state index contributed by atoms with van der Waals surface area (Å²) in [6.07, 6.45) is 5.57. The summed E-state index contributed by atoms with van der Waals surface area (Å²) < 4.78 is 0. The van der Waals surface area contributed by atoms with Gasteiger partial charge in [0.2, 0.25) is 5.91 Å². The number of nitriles is 1. The van der Waals surface area contributed by atoms with Crippen molar-refractivity contribution in [3.63, 3.8) is 0 Å². The molecule has 0 aliphatic carbocycles. The number of nitrogens with zero attached hydrogens (tertiary/aromatic N) is 3. The molecule has 2 unspecified atom stereocenters. The highest BCUT2D eigenvalue weighted by molar-refractivity contribution is 5.85. The van der Waals surface area contributed by atoms with E-state index in [0.29, 0.717) is 12.5 Å². The van der Waals surface area contributed by atoms with Crippen LogP contribution in [-0.4, -0.2) is 47.9 Å². The van der Waals surface area contributed by atoms with Gasteiger partial charge in [0.05, 0.1) is 6.07 Å². The Balaban J connectivity index is 1.94. The van der Waals surface area contributed by atoms with E-state index < -0.39 is 5.41 Å². The lowest BCUT2D eigenvalue weighted by Crippen LogP contribution is -2.44. The molecule has 0 saturated carbocycles. The molecule has 2 rings (SSSR count). The van der Waals surface area contributed by atoms with Gasteiger partial charge in [-0.15, -0.1) is 0 Å². The zero-order valence-electron chi connectivity index (χ0n) is 12.2. The maximum Gasteiger partial charge on any atom is 0.242 e. The van der Waals surface area contributed by atoms with Crippen molar-refractivity contribution in [1.82, 2.24) is 9.80 Å². The molecule has 19 heavy (non-hydrogen) atoms. The van der Waals surface area contributed by atoms with Crippen LogP contribution in [0.4, 0.5) is 0 Å². The highest BCUT2D eigenvalue weighted by Gasteiger charge is 2.39. The molecule has 2 saturated heterocycles. The number of piperidine rings is 1. The van der Waals surface area contributed by atoms with Crippen LogP contribution in [0.25, 0.3) is 0 Å². The van der Waals surface area contributed by atoms with E-state index in [4.69, 9.17) is 0 Å². The van der Waals surface area contributed by atoms with Gasteiger partial charge in [0.1, 0.15) is 5.41 Å². The normalized spacial score (nSPS) is 27.8. The lowest BCUT2D eigenvalue weighted by Gasteiger charge is -2.32. The average Bonchev–Trinajstić information content (AvgIpc) is 2.96. The van der Waals surface area contributed by atoms with Crippen LogP contribution in [0.15, 0.2) is 0 Å². The first-order valence-corrected chi connectivity index (χ1v) is 7.55. The van der Waals surface area contributed by atoms with Crippen LogP contribution in [0.1, 0.15) is 46.0 Å². The lowest BCUT2D eigenvalue weighted by molar-refractivity contribution is -0.137. The van der Waals surface area contributed by atoms with E-state index in [1.807, 2.05) is 11.8 Å². The number of carbonyl (C=O) groups excluding carboxylic acids is 1. The Labute approximate surface area is 116 Å². The van der Waals surface area contributed by atoms with Gasteiger partial charge < -0.3 is 4.90 Å². The van der Waals surface area contributed by atoms with Crippen molar-refractivity contribution < 1.29 is 4.79 Å². The molecule has 2 atom stereocenters. The number of likely N-dealkylation sites (tertiary alicyclic amines) is 2. The van der Waals surface area contributed by atoms with Gasteiger partial charge in [-0.1, -0.05) is 13.3 Å². The fourth-order valence-corrected chi connectivity index (χ4v) is 3.13. The van der Waals surface area contributed by atoms with Gasteiger partial charge in [-0.3, -0.25) is 9.69 Å². The first-order valence-electron chi connectivity index (χ1n) is 7.55. The lowest BCUT2D eigenvalue weighted by atomic mass is 9.88.